The highest BCUT2D eigenvalue weighted by Crippen LogP contribution is 2.33. The van der Waals surface area contributed by atoms with Gasteiger partial charge in [0.15, 0.2) is 0 Å². The summed E-state index contributed by atoms with van der Waals surface area (Å²) in [5.74, 6) is -1.92. The van der Waals surface area contributed by atoms with Crippen molar-refractivity contribution in [2.45, 2.75) is 34.8 Å². The third kappa shape index (κ3) is 3.76. The molecule has 1 aliphatic rings. The lowest BCUT2D eigenvalue weighted by Gasteiger charge is -2.15. The molecule has 1 fully saturated rings. The number of H-pyrrole nitrogens is 1. The number of benzene rings is 1. The SMILES string of the molecule is O=c1[nH]c(=O)n([C@H]2C[C@H](Oc3no[n+]([O-])c3S(=O)(=O)c3ccccc3)[C@@H](CO)O2)cc1F. The first kappa shape index (κ1) is 21.7. The Hall–Kier alpha value is -3.56. The van der Waals surface area contributed by atoms with E-state index in [4.69, 9.17) is 9.47 Å². The number of aromatic nitrogens is 4. The third-order valence-electron chi connectivity index (χ3n) is 4.71. The molecule has 3 heterocycles. The normalized spacial score (nSPS) is 21.0. The molecule has 4 rings (SSSR count). The molecule has 0 amide bonds. The zero-order valence-electron chi connectivity index (χ0n) is 16.0. The standard InChI is InChI=1S/C17H15FN4O9S/c18-10-7-21(17(25)19-14(10)24)13-6-11(12(8-23)29-13)30-15-16(22(26)31-20-15)32(27,28)9-4-2-1-3-5-9/h1-5,7,11-13,23H,6,8H2,(H,19,24,25)/t11-,12+,13+/m0/s1. The van der Waals surface area contributed by atoms with Gasteiger partial charge in [0.1, 0.15) is 18.4 Å². The van der Waals surface area contributed by atoms with Gasteiger partial charge in [-0.2, -0.15) is 4.39 Å². The van der Waals surface area contributed by atoms with Crippen molar-refractivity contribution >= 4 is 9.84 Å². The van der Waals surface area contributed by atoms with Crippen molar-refractivity contribution in [1.29, 1.82) is 0 Å². The Bertz CT molecular complexity index is 1350. The molecule has 15 heteroatoms. The third-order valence-corrected chi connectivity index (χ3v) is 6.44. The smallest absolute Gasteiger partial charge is 0.415 e. The molecule has 0 spiro atoms. The second-order valence-electron chi connectivity index (χ2n) is 6.70. The van der Waals surface area contributed by atoms with Crippen molar-refractivity contribution < 1.29 is 36.9 Å². The monoisotopic (exact) mass is 470 g/mol. The van der Waals surface area contributed by atoms with Crippen LogP contribution in [0.5, 0.6) is 5.88 Å². The average molecular weight is 470 g/mol. The molecular formula is C17H15FN4O9S. The van der Waals surface area contributed by atoms with E-state index in [-0.39, 0.29) is 16.2 Å². The minimum Gasteiger partial charge on any atom is -0.448 e. The van der Waals surface area contributed by atoms with Gasteiger partial charge in [-0.15, -0.1) is 0 Å². The molecule has 0 bridgehead atoms. The average Bonchev–Trinajstić information content (AvgIpc) is 3.34. The molecule has 1 aliphatic heterocycles. The number of ether oxygens (including phenoxy) is 2. The van der Waals surface area contributed by atoms with Crippen molar-refractivity contribution in [2.24, 2.45) is 0 Å². The van der Waals surface area contributed by atoms with Crippen LogP contribution in [0.2, 0.25) is 0 Å². The van der Waals surface area contributed by atoms with Crippen LogP contribution in [-0.4, -0.2) is 47.0 Å². The molecule has 13 nitrogen and oxygen atoms in total. The van der Waals surface area contributed by atoms with Gasteiger partial charge in [-0.25, -0.2) is 13.2 Å². The van der Waals surface area contributed by atoms with E-state index in [1.165, 1.54) is 24.3 Å². The van der Waals surface area contributed by atoms with Gasteiger partial charge in [0.2, 0.25) is 5.82 Å². The van der Waals surface area contributed by atoms with Crippen molar-refractivity contribution in [1.82, 2.24) is 14.7 Å². The van der Waals surface area contributed by atoms with Gasteiger partial charge in [-0.3, -0.25) is 19.0 Å². The second-order valence-corrected chi connectivity index (χ2v) is 8.57. The number of hydrogen-bond acceptors (Lipinski definition) is 10. The summed E-state index contributed by atoms with van der Waals surface area (Å²) in [6.07, 6.45) is -2.94. The predicted octanol–water partition coefficient (Wildman–Crippen LogP) is -1.14. The lowest BCUT2D eigenvalue weighted by atomic mass is 10.2. The van der Waals surface area contributed by atoms with Crippen LogP contribution < -0.4 is 20.9 Å². The van der Waals surface area contributed by atoms with Crippen LogP contribution in [-0.2, 0) is 14.6 Å². The second kappa shape index (κ2) is 8.18. The van der Waals surface area contributed by atoms with Crippen LogP contribution in [0.3, 0.4) is 0 Å². The molecular weight excluding hydrogens is 455 g/mol. The van der Waals surface area contributed by atoms with Crippen molar-refractivity contribution in [3.63, 3.8) is 0 Å². The van der Waals surface area contributed by atoms with Crippen molar-refractivity contribution in [3.05, 3.63) is 68.4 Å². The van der Waals surface area contributed by atoms with Crippen LogP contribution in [0, 0.1) is 11.0 Å². The zero-order chi connectivity index (χ0) is 23.0. The largest absolute Gasteiger partial charge is 0.448 e. The number of sulfone groups is 1. The first-order valence-electron chi connectivity index (χ1n) is 9.06. The van der Waals surface area contributed by atoms with Gasteiger partial charge in [0, 0.05) is 6.42 Å². The summed E-state index contributed by atoms with van der Waals surface area (Å²) in [6.45, 7) is -0.627. The Kier molecular flexibility index (Phi) is 5.53. The van der Waals surface area contributed by atoms with Crippen molar-refractivity contribution in [3.8, 4) is 5.88 Å². The number of aliphatic hydroxyl groups excluding tert-OH is 1. The minimum atomic E-state index is -4.38. The first-order valence-corrected chi connectivity index (χ1v) is 10.5. The molecule has 2 aromatic heterocycles. The summed E-state index contributed by atoms with van der Waals surface area (Å²) in [6, 6.07) is 7.00. The number of aromatic amines is 1. The zero-order valence-corrected chi connectivity index (χ0v) is 16.8. The maximum atomic E-state index is 13.6. The van der Waals surface area contributed by atoms with E-state index in [1.54, 1.807) is 11.1 Å². The topological polar surface area (TPSA) is 181 Å². The Morgan fingerprint density at radius 1 is 1.34 bits per heavy atom. The molecule has 1 saturated heterocycles. The molecule has 2 N–H and O–H groups in total. The highest BCUT2D eigenvalue weighted by Gasteiger charge is 2.43. The quantitative estimate of drug-likeness (QED) is 0.418. The van der Waals surface area contributed by atoms with E-state index in [9.17, 15) is 32.7 Å². The molecule has 32 heavy (non-hydrogen) atoms. The first-order chi connectivity index (χ1) is 15.2. The fourth-order valence-electron chi connectivity index (χ4n) is 3.20. The molecule has 3 aromatic rings. The number of hydrogen-bond donors (Lipinski definition) is 2. The summed E-state index contributed by atoms with van der Waals surface area (Å²) in [5.41, 5.74) is -2.18. The lowest BCUT2D eigenvalue weighted by Crippen LogP contribution is -2.34. The minimum absolute atomic E-state index is 0.187. The summed E-state index contributed by atoms with van der Waals surface area (Å²) in [7, 11) is -4.38. The highest BCUT2D eigenvalue weighted by molar-refractivity contribution is 7.91. The summed E-state index contributed by atoms with van der Waals surface area (Å²) in [4.78, 5) is 24.4. The summed E-state index contributed by atoms with van der Waals surface area (Å²) >= 11 is 0. The molecule has 0 saturated carbocycles. The van der Waals surface area contributed by atoms with Gasteiger partial charge in [-0.1, -0.05) is 18.2 Å². The molecule has 0 radical (unpaired) electrons. The van der Waals surface area contributed by atoms with Gasteiger partial charge < -0.3 is 19.8 Å². The fourth-order valence-corrected chi connectivity index (χ4v) is 4.49. The van der Waals surface area contributed by atoms with Gasteiger partial charge in [0.05, 0.1) is 22.9 Å². The van der Waals surface area contributed by atoms with E-state index in [0.29, 0.717) is 6.20 Å². The Morgan fingerprint density at radius 2 is 2.06 bits per heavy atom. The lowest BCUT2D eigenvalue weighted by molar-refractivity contribution is -0.832. The molecule has 170 valence electrons. The van der Waals surface area contributed by atoms with E-state index in [1.807, 2.05) is 0 Å². The maximum absolute atomic E-state index is 13.6. The van der Waals surface area contributed by atoms with E-state index >= 15 is 0 Å². The van der Waals surface area contributed by atoms with Crippen LogP contribution in [0.4, 0.5) is 4.39 Å². The van der Waals surface area contributed by atoms with Gasteiger partial charge in [0.25, 0.3) is 15.4 Å². The van der Waals surface area contributed by atoms with Crippen LogP contribution in [0.15, 0.2) is 60.7 Å². The molecule has 1 aromatic carbocycles. The molecule has 0 aliphatic carbocycles. The number of halogens is 1. The Balaban J connectivity index is 1.65. The fraction of sp³-hybridized carbons (Fsp3) is 0.294. The number of nitrogens with zero attached hydrogens (tertiary/aromatic N) is 3. The Morgan fingerprint density at radius 3 is 2.75 bits per heavy atom. The molecule has 0 unspecified atom stereocenters. The van der Waals surface area contributed by atoms with Crippen LogP contribution in [0.25, 0.3) is 0 Å². The Labute approximate surface area is 177 Å². The number of aliphatic hydroxyl groups is 1. The van der Waals surface area contributed by atoms with Gasteiger partial charge >= 0.3 is 16.6 Å². The summed E-state index contributed by atoms with van der Waals surface area (Å²) < 4.78 is 55.5. The summed E-state index contributed by atoms with van der Waals surface area (Å²) in [5, 5.41) is 24.0. The van der Waals surface area contributed by atoms with E-state index < -0.39 is 62.9 Å². The maximum Gasteiger partial charge on any atom is 0.415 e. The van der Waals surface area contributed by atoms with E-state index in [2.05, 4.69) is 9.79 Å². The van der Waals surface area contributed by atoms with Crippen molar-refractivity contribution in [2.75, 3.05) is 6.61 Å². The molecule has 3 atom stereocenters. The highest BCUT2D eigenvalue weighted by atomic mass is 32.2. The number of nitrogens with one attached hydrogen (secondary N) is 1. The van der Waals surface area contributed by atoms with Crippen LogP contribution >= 0.6 is 0 Å². The van der Waals surface area contributed by atoms with Crippen LogP contribution in [0.1, 0.15) is 12.6 Å². The predicted molar refractivity (Wildman–Crippen MR) is 98.7 cm³/mol. The number of rotatable bonds is 6. The van der Waals surface area contributed by atoms with E-state index in [0.717, 1.165) is 4.57 Å². The van der Waals surface area contributed by atoms with Gasteiger partial charge in [-0.05, 0) is 17.0 Å².